The van der Waals surface area contributed by atoms with Gasteiger partial charge in [-0.05, 0) is 41.4 Å². The van der Waals surface area contributed by atoms with Gasteiger partial charge in [-0.25, -0.2) is 4.79 Å². The molecule has 1 aliphatic heterocycles. The van der Waals surface area contributed by atoms with E-state index in [1.807, 2.05) is 6.07 Å². The average molecular weight is 388 g/mol. The first kappa shape index (κ1) is 17.6. The monoisotopic (exact) mass is 387 g/mol. The van der Waals surface area contributed by atoms with E-state index < -0.39 is 11.9 Å². The minimum Gasteiger partial charge on any atom is -0.463 e. The maximum absolute atomic E-state index is 12.4. The molecule has 0 spiro atoms. The van der Waals surface area contributed by atoms with Gasteiger partial charge in [0, 0.05) is 4.47 Å². The molecule has 0 amide bonds. The lowest BCUT2D eigenvalue weighted by atomic mass is 9.81. The molecule has 24 heavy (non-hydrogen) atoms. The molecular weight excluding hydrogens is 374 g/mol. The maximum Gasteiger partial charge on any atom is 0.338 e. The first-order valence-electron chi connectivity index (χ1n) is 7.10. The van der Waals surface area contributed by atoms with Crippen LogP contribution in [0.4, 0.5) is 0 Å². The molecule has 2 N–H and O–H groups in total. The zero-order chi connectivity index (χ0) is 17.9. The summed E-state index contributed by atoms with van der Waals surface area (Å²) in [5.74, 6) is -1.27. The Labute approximate surface area is 147 Å². The smallest absolute Gasteiger partial charge is 0.338 e. The summed E-state index contributed by atoms with van der Waals surface area (Å²) in [6.45, 7) is 3.43. The number of allylic oxidation sites excluding steroid dienone is 2. The van der Waals surface area contributed by atoms with Crippen molar-refractivity contribution in [2.24, 2.45) is 5.73 Å². The van der Waals surface area contributed by atoms with Gasteiger partial charge in [0.05, 0.1) is 23.7 Å². The average Bonchev–Trinajstić information content (AvgIpc) is 2.54. The highest BCUT2D eigenvalue weighted by atomic mass is 79.9. The van der Waals surface area contributed by atoms with Gasteiger partial charge in [0.2, 0.25) is 5.88 Å². The lowest BCUT2D eigenvalue weighted by Crippen LogP contribution is -2.26. The second-order valence-corrected chi connectivity index (χ2v) is 5.79. The molecule has 2 rings (SSSR count). The third-order valence-corrected chi connectivity index (χ3v) is 4.23. The third-order valence-electron chi connectivity index (χ3n) is 3.57. The summed E-state index contributed by atoms with van der Waals surface area (Å²) in [6, 6.07) is 9.18. The second-order valence-electron chi connectivity index (χ2n) is 4.93. The predicted octanol–water partition coefficient (Wildman–Crippen LogP) is 2.97. The summed E-state index contributed by atoms with van der Waals surface area (Å²) < 4.78 is 11.0. The Hall–Kier alpha value is -2.77. The van der Waals surface area contributed by atoms with Gasteiger partial charge >= 0.3 is 5.97 Å². The topological polar surface area (TPSA) is 109 Å². The number of hydrogen-bond acceptors (Lipinski definition) is 6. The Morgan fingerprint density at radius 3 is 2.71 bits per heavy atom. The van der Waals surface area contributed by atoms with Crippen LogP contribution in [0.5, 0.6) is 0 Å². The van der Waals surface area contributed by atoms with Crippen LogP contribution in [0.25, 0.3) is 0 Å². The molecule has 122 valence electrons. The van der Waals surface area contributed by atoms with E-state index in [0.29, 0.717) is 15.6 Å². The Balaban J connectivity index is 2.75. The Kier molecular flexibility index (Phi) is 5.28. The Morgan fingerprint density at radius 1 is 1.42 bits per heavy atom. The lowest BCUT2D eigenvalue weighted by molar-refractivity contribution is -0.139. The first-order chi connectivity index (χ1) is 11.5. The standard InChI is InChI=1S/C17H14BrN3O3/c1-3-23-17(22)14-9(2)24-16(21)12(8-20)15(14)10-5-4-6-13(18)11(10)7-19/h4-6,15H,3,21H2,1-2H3. The fourth-order valence-electron chi connectivity index (χ4n) is 2.57. The molecule has 0 saturated carbocycles. The van der Waals surface area contributed by atoms with E-state index >= 15 is 0 Å². The van der Waals surface area contributed by atoms with Gasteiger partial charge in [-0.15, -0.1) is 0 Å². The Morgan fingerprint density at radius 2 is 2.12 bits per heavy atom. The molecule has 7 heteroatoms. The van der Waals surface area contributed by atoms with Gasteiger partial charge < -0.3 is 15.2 Å². The molecule has 1 heterocycles. The number of nitriles is 2. The SMILES string of the molecule is CCOC(=O)C1=C(C)OC(N)=C(C#N)C1c1cccc(Br)c1C#N. The molecule has 1 unspecified atom stereocenters. The van der Waals surface area contributed by atoms with Crippen molar-refractivity contribution in [3.05, 3.63) is 56.6 Å². The zero-order valence-electron chi connectivity index (χ0n) is 13.1. The van der Waals surface area contributed by atoms with Crippen LogP contribution in [0.15, 0.2) is 45.5 Å². The van der Waals surface area contributed by atoms with Crippen LogP contribution >= 0.6 is 15.9 Å². The number of rotatable bonds is 3. The van der Waals surface area contributed by atoms with E-state index in [4.69, 9.17) is 15.2 Å². The number of nitrogens with zero attached hydrogens (tertiary/aromatic N) is 2. The summed E-state index contributed by atoms with van der Waals surface area (Å²) >= 11 is 3.32. The molecule has 0 aliphatic carbocycles. The summed E-state index contributed by atoms with van der Waals surface area (Å²) in [5, 5.41) is 19.0. The van der Waals surface area contributed by atoms with Crippen molar-refractivity contribution in [1.82, 2.24) is 0 Å². The van der Waals surface area contributed by atoms with Crippen LogP contribution in [0.2, 0.25) is 0 Å². The second kappa shape index (κ2) is 7.20. The zero-order valence-corrected chi connectivity index (χ0v) is 14.7. The van der Waals surface area contributed by atoms with E-state index in [-0.39, 0.29) is 29.4 Å². The molecule has 1 atom stereocenters. The highest BCUT2D eigenvalue weighted by molar-refractivity contribution is 9.10. The fourth-order valence-corrected chi connectivity index (χ4v) is 3.04. The number of halogens is 1. The van der Waals surface area contributed by atoms with Crippen LogP contribution in [0.3, 0.4) is 0 Å². The lowest BCUT2D eigenvalue weighted by Gasteiger charge is -2.27. The quantitative estimate of drug-likeness (QED) is 0.798. The van der Waals surface area contributed by atoms with Gasteiger partial charge in [-0.1, -0.05) is 12.1 Å². The number of carbonyl (C=O) groups excluding carboxylic acids is 1. The van der Waals surface area contributed by atoms with Crippen LogP contribution in [-0.2, 0) is 14.3 Å². The minimum absolute atomic E-state index is 0.0678. The molecule has 0 saturated heterocycles. The van der Waals surface area contributed by atoms with Crippen LogP contribution in [0, 0.1) is 22.7 Å². The first-order valence-corrected chi connectivity index (χ1v) is 7.89. The van der Waals surface area contributed by atoms with Gasteiger partial charge in [-0.2, -0.15) is 10.5 Å². The molecular formula is C17H14BrN3O3. The summed E-state index contributed by atoms with van der Waals surface area (Å²) in [7, 11) is 0. The number of carbonyl (C=O) groups is 1. The van der Waals surface area contributed by atoms with Gasteiger partial charge in [0.25, 0.3) is 0 Å². The normalized spacial score (nSPS) is 17.0. The summed E-state index contributed by atoms with van der Waals surface area (Å²) in [5.41, 5.74) is 6.86. The number of esters is 1. The van der Waals surface area contributed by atoms with Crippen molar-refractivity contribution < 1.29 is 14.3 Å². The predicted molar refractivity (Wildman–Crippen MR) is 88.8 cm³/mol. The van der Waals surface area contributed by atoms with Crippen molar-refractivity contribution >= 4 is 21.9 Å². The third kappa shape index (κ3) is 2.99. The number of hydrogen-bond donors (Lipinski definition) is 1. The van der Waals surface area contributed by atoms with Crippen LogP contribution < -0.4 is 5.73 Å². The maximum atomic E-state index is 12.4. The number of benzene rings is 1. The number of ether oxygens (including phenoxy) is 2. The Bertz CT molecular complexity index is 844. The molecule has 1 aromatic carbocycles. The molecule has 0 radical (unpaired) electrons. The molecule has 0 fully saturated rings. The van der Waals surface area contributed by atoms with E-state index in [2.05, 4.69) is 22.0 Å². The van der Waals surface area contributed by atoms with Crippen molar-refractivity contribution in [2.45, 2.75) is 19.8 Å². The highest BCUT2D eigenvalue weighted by Crippen LogP contribution is 2.41. The van der Waals surface area contributed by atoms with Gasteiger partial charge in [0.15, 0.2) is 0 Å². The summed E-state index contributed by atoms with van der Waals surface area (Å²) in [6.07, 6.45) is 0. The number of nitrogens with two attached hydrogens (primary N) is 1. The van der Waals surface area contributed by atoms with Gasteiger partial charge in [-0.3, -0.25) is 0 Å². The van der Waals surface area contributed by atoms with Crippen molar-refractivity contribution in [3.63, 3.8) is 0 Å². The van der Waals surface area contributed by atoms with Crippen molar-refractivity contribution in [1.29, 1.82) is 10.5 Å². The summed E-state index contributed by atoms with van der Waals surface area (Å²) in [4.78, 5) is 12.4. The van der Waals surface area contributed by atoms with Crippen LogP contribution in [0.1, 0.15) is 30.9 Å². The van der Waals surface area contributed by atoms with E-state index in [9.17, 15) is 15.3 Å². The van der Waals surface area contributed by atoms with E-state index in [1.165, 1.54) is 0 Å². The molecule has 6 nitrogen and oxygen atoms in total. The molecule has 1 aliphatic rings. The molecule has 0 aromatic heterocycles. The van der Waals surface area contributed by atoms with Crippen molar-refractivity contribution in [3.8, 4) is 12.1 Å². The van der Waals surface area contributed by atoms with Crippen molar-refractivity contribution in [2.75, 3.05) is 6.61 Å². The molecule has 1 aromatic rings. The fraction of sp³-hybridized carbons (Fsp3) is 0.235. The van der Waals surface area contributed by atoms with E-state index in [1.54, 1.807) is 32.0 Å². The minimum atomic E-state index is -0.824. The highest BCUT2D eigenvalue weighted by Gasteiger charge is 2.37. The van der Waals surface area contributed by atoms with Crippen LogP contribution in [-0.4, -0.2) is 12.6 Å². The largest absolute Gasteiger partial charge is 0.463 e. The van der Waals surface area contributed by atoms with E-state index in [0.717, 1.165) is 0 Å². The van der Waals surface area contributed by atoms with Gasteiger partial charge in [0.1, 0.15) is 23.5 Å². The molecule has 0 bridgehead atoms.